The second-order valence-electron chi connectivity index (χ2n) is 19.3. The third kappa shape index (κ3) is 6.01. The molecule has 1 amide bonds. The summed E-state index contributed by atoms with van der Waals surface area (Å²) in [6, 6.07) is 15.7. The van der Waals surface area contributed by atoms with E-state index in [1.165, 1.54) is 6.42 Å². The molecule has 3 unspecified atom stereocenters. The summed E-state index contributed by atoms with van der Waals surface area (Å²) in [5.41, 5.74) is 3.37. The van der Waals surface area contributed by atoms with Crippen LogP contribution in [0, 0.1) is 50.2 Å². The van der Waals surface area contributed by atoms with Crippen LogP contribution in [0.5, 0.6) is 0 Å². The molecule has 0 aliphatic heterocycles. The summed E-state index contributed by atoms with van der Waals surface area (Å²) in [5, 5.41) is 4.36. The smallest absolute Gasteiger partial charge is 0.313 e. The molecule has 2 aromatic rings. The number of hydrogen-bond donors (Lipinski definition) is 1. The summed E-state index contributed by atoms with van der Waals surface area (Å²) in [4.78, 5) is 27.7. The highest BCUT2D eigenvalue weighted by Gasteiger charge is 2.69. The van der Waals surface area contributed by atoms with Gasteiger partial charge in [-0.25, -0.2) is 0 Å². The van der Waals surface area contributed by atoms with E-state index in [2.05, 4.69) is 59.9 Å². The number of allylic oxidation sites excluding steroid dienone is 2. The van der Waals surface area contributed by atoms with Gasteiger partial charge in [0.05, 0.1) is 15.5 Å². The van der Waals surface area contributed by atoms with Crippen LogP contribution in [-0.4, -0.2) is 17.9 Å². The lowest BCUT2D eigenvalue weighted by Gasteiger charge is -2.71. The highest BCUT2D eigenvalue weighted by Crippen LogP contribution is 2.75. The van der Waals surface area contributed by atoms with Crippen LogP contribution in [-0.2, 0) is 20.9 Å². The van der Waals surface area contributed by atoms with E-state index in [1.54, 1.807) is 23.8 Å². The lowest BCUT2D eigenvalue weighted by atomic mass is 9.33. The van der Waals surface area contributed by atoms with Gasteiger partial charge in [0.25, 0.3) is 0 Å². The van der Waals surface area contributed by atoms with Crippen molar-refractivity contribution in [1.82, 2.24) is 5.32 Å². The molecule has 8 atom stereocenters. The topological polar surface area (TPSA) is 55.4 Å². The van der Waals surface area contributed by atoms with Gasteiger partial charge in [0, 0.05) is 12.1 Å². The Kier molecular flexibility index (Phi) is 9.67. The molecule has 7 rings (SSSR count). The molecule has 1 N–H and O–H groups in total. The van der Waals surface area contributed by atoms with Crippen LogP contribution in [0.15, 0.2) is 66.3 Å². The number of halogens is 2. The van der Waals surface area contributed by atoms with E-state index in [0.29, 0.717) is 28.5 Å². The third-order valence-corrected chi connectivity index (χ3v) is 16.8. The van der Waals surface area contributed by atoms with E-state index < -0.39 is 5.41 Å². The van der Waals surface area contributed by atoms with Crippen molar-refractivity contribution in [2.45, 2.75) is 125 Å². The normalized spacial score (nSPS) is 37.4. The maximum Gasteiger partial charge on any atom is 0.313 e. The summed E-state index contributed by atoms with van der Waals surface area (Å²) >= 11 is 12.6. The molecule has 4 fully saturated rings. The fraction of sp³-hybridized carbons (Fsp3) is 0.609. The monoisotopic (exact) mass is 743 g/mol. The molecule has 0 radical (unpaired) electrons. The fourth-order valence-electron chi connectivity index (χ4n) is 12.8. The maximum absolute atomic E-state index is 14.3. The largest absolute Gasteiger partial charge is 0.460 e. The Balaban J connectivity index is 1.13. The Labute approximate surface area is 322 Å². The molecule has 0 bridgehead atoms. The van der Waals surface area contributed by atoms with Crippen molar-refractivity contribution in [3.8, 4) is 0 Å². The van der Waals surface area contributed by atoms with Gasteiger partial charge in [-0.15, -0.1) is 0 Å². The minimum Gasteiger partial charge on any atom is -0.460 e. The van der Waals surface area contributed by atoms with Crippen LogP contribution in [0.3, 0.4) is 0 Å². The van der Waals surface area contributed by atoms with Gasteiger partial charge in [-0.1, -0.05) is 126 Å². The van der Waals surface area contributed by atoms with Gasteiger partial charge in [-0.05, 0) is 132 Å². The van der Waals surface area contributed by atoms with Crippen molar-refractivity contribution in [2.24, 2.45) is 50.2 Å². The molecular weight excluding hydrogens is 685 g/mol. The van der Waals surface area contributed by atoms with Gasteiger partial charge in [0.1, 0.15) is 6.61 Å². The quantitative estimate of drug-likeness (QED) is 0.182. The molecule has 2 aromatic carbocycles. The molecule has 52 heavy (non-hydrogen) atoms. The number of rotatable bonds is 6. The zero-order chi connectivity index (χ0) is 37.3. The number of benzene rings is 2. The third-order valence-electron chi connectivity index (χ3n) is 16.0. The van der Waals surface area contributed by atoms with Crippen molar-refractivity contribution in [1.29, 1.82) is 0 Å². The first-order valence-electron chi connectivity index (χ1n) is 19.8. The van der Waals surface area contributed by atoms with E-state index in [-0.39, 0.29) is 50.9 Å². The Morgan fingerprint density at radius 1 is 0.846 bits per heavy atom. The first-order valence-corrected chi connectivity index (χ1v) is 20.6. The lowest BCUT2D eigenvalue weighted by Crippen LogP contribution is -2.66. The highest BCUT2D eigenvalue weighted by atomic mass is 35.5. The number of ether oxygens (including phenoxy) is 1. The van der Waals surface area contributed by atoms with Gasteiger partial charge in [0.2, 0.25) is 5.91 Å². The Morgan fingerprint density at radius 2 is 1.58 bits per heavy atom. The Hall–Kier alpha value is -2.56. The van der Waals surface area contributed by atoms with Crippen LogP contribution in [0.2, 0.25) is 10.0 Å². The van der Waals surface area contributed by atoms with Crippen molar-refractivity contribution < 1.29 is 14.3 Å². The number of hydrogen-bond acceptors (Lipinski definition) is 3. The number of amides is 1. The highest BCUT2D eigenvalue weighted by molar-refractivity contribution is 6.42. The number of nitrogens with one attached hydrogen (secondary N) is 1. The minimum absolute atomic E-state index is 0.0235. The molecular formula is C46H59Cl2NO3. The van der Waals surface area contributed by atoms with E-state index in [9.17, 15) is 9.59 Å². The fourth-order valence-corrected chi connectivity index (χ4v) is 13.1. The average Bonchev–Trinajstić information content (AvgIpc) is 3.09. The van der Waals surface area contributed by atoms with Gasteiger partial charge in [-0.2, -0.15) is 0 Å². The molecule has 0 saturated heterocycles. The molecule has 6 heteroatoms. The molecule has 280 valence electrons. The molecule has 0 aromatic heterocycles. The number of esters is 1. The zero-order valence-electron chi connectivity index (χ0n) is 32.4. The van der Waals surface area contributed by atoms with E-state index in [1.807, 2.05) is 42.5 Å². The summed E-state index contributed by atoms with van der Waals surface area (Å²) in [5.74, 6) is 1.20. The average molecular weight is 745 g/mol. The number of carbonyl (C=O) groups is 2. The maximum atomic E-state index is 14.3. The van der Waals surface area contributed by atoms with Gasteiger partial charge < -0.3 is 10.1 Å². The summed E-state index contributed by atoms with van der Waals surface area (Å²) in [6.45, 7) is 17.7. The lowest BCUT2D eigenvalue weighted by molar-refractivity contribution is -0.194. The van der Waals surface area contributed by atoms with Crippen LogP contribution in [0.1, 0.15) is 124 Å². The molecule has 0 spiro atoms. The summed E-state index contributed by atoms with van der Waals surface area (Å²) in [6.07, 6.45) is 16.4. The van der Waals surface area contributed by atoms with Gasteiger partial charge in [-0.3, -0.25) is 9.59 Å². The second kappa shape index (κ2) is 13.3. The van der Waals surface area contributed by atoms with Crippen molar-refractivity contribution in [3.05, 3.63) is 87.4 Å². The Morgan fingerprint density at radius 3 is 2.33 bits per heavy atom. The van der Waals surface area contributed by atoms with Crippen molar-refractivity contribution >= 4 is 41.2 Å². The summed E-state index contributed by atoms with van der Waals surface area (Å²) < 4.78 is 6.22. The second-order valence-corrected chi connectivity index (χ2v) is 20.1. The minimum atomic E-state index is -0.440. The summed E-state index contributed by atoms with van der Waals surface area (Å²) in [7, 11) is 0. The SMILES string of the molecule is CC1(C)CC[C@]2(C(=O)OCc3ccccc3)CC[C@]3(C)C(=CCC4[C@@]5(C)CC[C@H](NC(=O)/C=C/c6cccc(Cl)c6Cl)C(C)(C)C5CC[C@]43C)C2C1. The molecule has 5 aliphatic carbocycles. The van der Waals surface area contributed by atoms with Crippen molar-refractivity contribution in [2.75, 3.05) is 0 Å². The van der Waals surface area contributed by atoms with Crippen molar-refractivity contribution in [3.63, 3.8) is 0 Å². The van der Waals surface area contributed by atoms with Gasteiger partial charge in [0.15, 0.2) is 0 Å². The van der Waals surface area contributed by atoms with Crippen LogP contribution in [0.25, 0.3) is 6.08 Å². The number of carbonyl (C=O) groups excluding carboxylic acids is 2. The van der Waals surface area contributed by atoms with E-state index in [0.717, 1.165) is 68.9 Å². The predicted octanol–water partition coefficient (Wildman–Crippen LogP) is 12.0. The first-order chi connectivity index (χ1) is 24.5. The Bertz CT molecular complexity index is 1780. The molecule has 0 heterocycles. The molecule has 4 saturated carbocycles. The number of fused-ring (bicyclic) bond motifs is 7. The van der Waals surface area contributed by atoms with Crippen LogP contribution in [0.4, 0.5) is 0 Å². The standard InChI is InChI=1S/C46H59Cl2NO3/c1-41(2)24-26-46(40(51)52-29-30-12-9-8-10-13-30)27-25-44(6)32(33(46)28-41)17-18-36-43(5)22-21-37(42(3,4)35(43)20-23-45(36,44)7)49-38(50)19-16-31-14-11-15-34(47)39(31)48/h8-17,19,33,35-37H,18,20-29H2,1-7H3,(H,49,50)/b19-16+/t33?,35?,36?,37-,43-,44+,45+,46-/m0/s1. The predicted molar refractivity (Wildman–Crippen MR) is 213 cm³/mol. The van der Waals surface area contributed by atoms with E-state index >= 15 is 0 Å². The first kappa shape index (κ1) is 37.7. The van der Waals surface area contributed by atoms with E-state index in [4.69, 9.17) is 27.9 Å². The van der Waals surface area contributed by atoms with Crippen LogP contribution < -0.4 is 5.32 Å². The molecule has 4 nitrogen and oxygen atoms in total. The van der Waals surface area contributed by atoms with Crippen LogP contribution >= 0.6 is 23.2 Å². The molecule has 5 aliphatic rings. The van der Waals surface area contributed by atoms with Gasteiger partial charge >= 0.3 is 5.97 Å². The zero-order valence-corrected chi connectivity index (χ0v) is 33.9.